The van der Waals surface area contributed by atoms with Crippen LogP contribution >= 0.6 is 11.3 Å². The average molecular weight is 599 g/mol. The molecule has 5 rings (SSSR count). The first-order valence-corrected chi connectivity index (χ1v) is 13.6. The number of hydrogen-bond acceptors (Lipinski definition) is 8. The van der Waals surface area contributed by atoms with Crippen LogP contribution in [0.15, 0.2) is 80.1 Å². The van der Waals surface area contributed by atoms with Gasteiger partial charge in [0.25, 0.3) is 5.56 Å². The average Bonchev–Trinajstić information content (AvgIpc) is 3.55. The number of benzene rings is 2. The van der Waals surface area contributed by atoms with Gasteiger partial charge < -0.3 is 18.6 Å². The van der Waals surface area contributed by atoms with E-state index in [0.717, 1.165) is 23.5 Å². The lowest BCUT2D eigenvalue weighted by molar-refractivity contribution is -0.139. The Morgan fingerprint density at radius 1 is 1.12 bits per heavy atom. The minimum absolute atomic E-state index is 0.120. The van der Waals surface area contributed by atoms with Gasteiger partial charge in [0.15, 0.2) is 4.80 Å². The molecule has 0 aliphatic carbocycles. The highest BCUT2D eigenvalue weighted by Crippen LogP contribution is 2.38. The van der Waals surface area contributed by atoms with E-state index < -0.39 is 29.3 Å². The van der Waals surface area contributed by atoms with Gasteiger partial charge in [-0.15, -0.1) is 0 Å². The highest BCUT2D eigenvalue weighted by molar-refractivity contribution is 7.07. The zero-order valence-electron chi connectivity index (χ0n) is 22.9. The van der Waals surface area contributed by atoms with Crippen molar-refractivity contribution in [3.8, 4) is 22.8 Å². The summed E-state index contributed by atoms with van der Waals surface area (Å²) in [5, 5.41) is 0. The van der Waals surface area contributed by atoms with Crippen molar-refractivity contribution >= 4 is 23.4 Å². The summed E-state index contributed by atoms with van der Waals surface area (Å²) < 4.78 is 63.3. The number of nitrogens with zero attached hydrogens (tertiary/aromatic N) is 2. The number of halogens is 3. The largest absolute Gasteiger partial charge is 0.497 e. The third kappa shape index (κ3) is 5.37. The van der Waals surface area contributed by atoms with Crippen molar-refractivity contribution in [2.24, 2.45) is 4.99 Å². The van der Waals surface area contributed by atoms with Crippen LogP contribution in [0.4, 0.5) is 13.2 Å². The van der Waals surface area contributed by atoms with E-state index in [-0.39, 0.29) is 33.8 Å². The normalized spacial score (nSPS) is 15.3. The van der Waals surface area contributed by atoms with Gasteiger partial charge in [0.2, 0.25) is 0 Å². The van der Waals surface area contributed by atoms with Crippen molar-refractivity contribution in [3.63, 3.8) is 0 Å². The molecule has 0 fully saturated rings. The molecule has 0 saturated carbocycles. The first kappa shape index (κ1) is 28.9. The van der Waals surface area contributed by atoms with Crippen LogP contribution in [-0.4, -0.2) is 31.4 Å². The predicted octanol–water partition coefficient (Wildman–Crippen LogP) is 5.09. The zero-order valence-corrected chi connectivity index (χ0v) is 23.8. The molecule has 0 radical (unpaired) electrons. The molecule has 1 atom stereocenters. The molecule has 0 saturated heterocycles. The number of thiazole rings is 1. The quantitative estimate of drug-likeness (QED) is 0.275. The molecule has 42 heavy (non-hydrogen) atoms. The lowest BCUT2D eigenvalue weighted by atomic mass is 9.95. The lowest BCUT2D eigenvalue weighted by Crippen LogP contribution is -2.40. The number of allylic oxidation sites excluding steroid dienone is 1. The summed E-state index contributed by atoms with van der Waals surface area (Å²) in [6.45, 7) is 3.46. The lowest BCUT2D eigenvalue weighted by Gasteiger charge is -2.26. The number of furan rings is 1. The highest BCUT2D eigenvalue weighted by Gasteiger charge is 2.35. The fourth-order valence-electron chi connectivity index (χ4n) is 4.70. The summed E-state index contributed by atoms with van der Waals surface area (Å²) in [5.41, 5.74) is 0.0255. The maximum atomic E-state index is 13.9. The van der Waals surface area contributed by atoms with Gasteiger partial charge in [-0.05, 0) is 56.3 Å². The third-order valence-corrected chi connectivity index (χ3v) is 7.61. The van der Waals surface area contributed by atoms with Crippen LogP contribution in [0.5, 0.6) is 11.5 Å². The monoisotopic (exact) mass is 598 g/mol. The Bertz CT molecular complexity index is 1880. The summed E-state index contributed by atoms with van der Waals surface area (Å²) in [6.07, 6.45) is -3.01. The molecule has 1 unspecified atom stereocenters. The highest BCUT2D eigenvalue weighted by atomic mass is 32.1. The Labute approximate surface area is 241 Å². The summed E-state index contributed by atoms with van der Waals surface area (Å²) in [4.78, 5) is 31.9. The number of carbonyl (C=O) groups excluding carboxylic acids is 1. The Hall–Kier alpha value is -4.58. The van der Waals surface area contributed by atoms with E-state index in [0.29, 0.717) is 27.6 Å². The van der Waals surface area contributed by atoms with Crippen molar-refractivity contribution < 1.29 is 36.6 Å². The van der Waals surface area contributed by atoms with E-state index >= 15 is 0 Å². The number of aromatic nitrogens is 1. The molecule has 0 spiro atoms. The fourth-order valence-corrected chi connectivity index (χ4v) is 5.73. The number of ether oxygens (including phenoxy) is 3. The maximum Gasteiger partial charge on any atom is 0.416 e. The third-order valence-electron chi connectivity index (χ3n) is 6.62. The number of carbonyl (C=O) groups is 1. The second-order valence-electron chi connectivity index (χ2n) is 9.19. The molecule has 218 valence electrons. The van der Waals surface area contributed by atoms with E-state index in [4.69, 9.17) is 18.6 Å². The predicted molar refractivity (Wildman–Crippen MR) is 149 cm³/mol. The van der Waals surface area contributed by atoms with Gasteiger partial charge >= 0.3 is 12.1 Å². The van der Waals surface area contributed by atoms with Gasteiger partial charge in [-0.2, -0.15) is 13.2 Å². The summed E-state index contributed by atoms with van der Waals surface area (Å²) in [6, 6.07) is 12.0. The van der Waals surface area contributed by atoms with Crippen molar-refractivity contribution in [1.29, 1.82) is 0 Å². The molecule has 3 heterocycles. The molecule has 8 nitrogen and oxygen atoms in total. The molecule has 2 aromatic carbocycles. The SMILES string of the molecule is CCOC(=O)C1=C(C)N=c2s/c(=C/c3ccc(-c4cccc(C(F)(F)F)c4)o3)c(=O)n2C1c1cc(OC)ccc1OC. The van der Waals surface area contributed by atoms with E-state index in [1.807, 2.05) is 0 Å². The number of methoxy groups -OCH3 is 2. The molecule has 4 aromatic rings. The molecule has 0 bridgehead atoms. The Morgan fingerprint density at radius 2 is 1.90 bits per heavy atom. The number of alkyl halides is 3. The smallest absolute Gasteiger partial charge is 0.416 e. The van der Waals surface area contributed by atoms with Crippen LogP contribution in [0.1, 0.15) is 36.8 Å². The van der Waals surface area contributed by atoms with Crippen LogP contribution in [0.3, 0.4) is 0 Å². The number of fused-ring (bicyclic) bond motifs is 1. The van der Waals surface area contributed by atoms with Gasteiger partial charge in [0.1, 0.15) is 29.1 Å². The maximum absolute atomic E-state index is 13.9. The van der Waals surface area contributed by atoms with Crippen molar-refractivity contribution in [2.75, 3.05) is 20.8 Å². The van der Waals surface area contributed by atoms with E-state index in [1.54, 1.807) is 38.1 Å². The van der Waals surface area contributed by atoms with E-state index in [2.05, 4.69) is 4.99 Å². The first-order chi connectivity index (χ1) is 20.0. The van der Waals surface area contributed by atoms with Crippen molar-refractivity contribution in [2.45, 2.75) is 26.1 Å². The number of esters is 1. The second-order valence-corrected chi connectivity index (χ2v) is 10.2. The molecular formula is C30H25F3N2O6S. The topological polar surface area (TPSA) is 92.3 Å². The molecule has 12 heteroatoms. The van der Waals surface area contributed by atoms with Crippen LogP contribution in [0.25, 0.3) is 17.4 Å². The van der Waals surface area contributed by atoms with Gasteiger partial charge in [0, 0.05) is 17.2 Å². The summed E-state index contributed by atoms with van der Waals surface area (Å²) in [7, 11) is 2.98. The van der Waals surface area contributed by atoms with E-state index in [9.17, 15) is 22.8 Å². The zero-order chi connectivity index (χ0) is 30.2. The molecule has 1 aliphatic heterocycles. The van der Waals surface area contributed by atoms with Crippen molar-refractivity contribution in [3.05, 3.63) is 102 Å². The molecular weight excluding hydrogens is 573 g/mol. The molecule has 0 amide bonds. The minimum Gasteiger partial charge on any atom is -0.497 e. The number of rotatable bonds is 7. The van der Waals surface area contributed by atoms with Gasteiger partial charge in [-0.1, -0.05) is 23.5 Å². The molecule has 2 aromatic heterocycles. The second kappa shape index (κ2) is 11.4. The molecule has 0 N–H and O–H groups in total. The standard InChI is InChI=1S/C30H25F3N2O6S/c1-5-40-28(37)25-16(2)34-29-35(26(25)21-14-19(38-3)9-12-23(21)39-4)27(36)24(42-29)15-20-10-11-22(41-20)17-7-6-8-18(13-17)30(31,32)33/h6-15,26H,5H2,1-4H3/b24-15+. The first-order valence-electron chi connectivity index (χ1n) is 12.7. The van der Waals surface area contributed by atoms with Crippen molar-refractivity contribution in [1.82, 2.24) is 4.57 Å². The van der Waals surface area contributed by atoms with Gasteiger partial charge in [0.05, 0.1) is 42.2 Å². The fraction of sp³-hybridized carbons (Fsp3) is 0.233. The summed E-state index contributed by atoms with van der Waals surface area (Å²) in [5.74, 6) is 0.746. The van der Waals surface area contributed by atoms with E-state index in [1.165, 1.54) is 43.1 Å². The Morgan fingerprint density at radius 3 is 2.60 bits per heavy atom. The Balaban J connectivity index is 1.65. The van der Waals surface area contributed by atoms with Gasteiger partial charge in [-0.3, -0.25) is 9.36 Å². The van der Waals surface area contributed by atoms with Crippen LogP contribution in [0.2, 0.25) is 0 Å². The Kier molecular flexibility index (Phi) is 7.83. The van der Waals surface area contributed by atoms with Gasteiger partial charge in [-0.25, -0.2) is 9.79 Å². The van der Waals surface area contributed by atoms with Crippen LogP contribution < -0.4 is 24.4 Å². The minimum atomic E-state index is -4.50. The molecule has 1 aliphatic rings. The number of hydrogen-bond donors (Lipinski definition) is 0. The van der Waals surface area contributed by atoms with Crippen LogP contribution in [-0.2, 0) is 15.7 Å². The summed E-state index contributed by atoms with van der Waals surface area (Å²) >= 11 is 1.08. The van der Waals surface area contributed by atoms with Crippen LogP contribution in [0, 0.1) is 0 Å².